The number of carbonyl (C=O) groups is 2. The Balaban J connectivity index is 2.75. The molecule has 1 aromatic carbocycles. The molecule has 138 valence electrons. The molecule has 0 bridgehead atoms. The lowest BCUT2D eigenvalue weighted by Gasteiger charge is -2.20. The predicted octanol–water partition coefficient (Wildman–Crippen LogP) is 3.07. The minimum atomic E-state index is -0.580. The number of benzene rings is 1. The van der Waals surface area contributed by atoms with Gasteiger partial charge in [-0.3, -0.25) is 4.79 Å². The number of hydrogen-bond acceptors (Lipinski definition) is 5. The number of nitrogens with zero attached hydrogens (tertiary/aromatic N) is 1. The monoisotopic (exact) mass is 349 g/mol. The quantitative estimate of drug-likeness (QED) is 0.480. The number of carbonyl (C=O) groups excluding carboxylic acids is 2. The number of rotatable bonds is 10. The summed E-state index contributed by atoms with van der Waals surface area (Å²) in [5.74, 6) is 0.205. The second kappa shape index (κ2) is 10.4. The van der Waals surface area contributed by atoms with E-state index in [2.05, 4.69) is 6.58 Å². The summed E-state index contributed by atoms with van der Waals surface area (Å²) in [6.45, 7) is 12.8. The summed E-state index contributed by atoms with van der Waals surface area (Å²) in [6, 6.07) is 4.81. The smallest absolute Gasteiger partial charge is 0.338 e. The molecule has 0 spiro atoms. The van der Waals surface area contributed by atoms with E-state index < -0.39 is 5.97 Å². The molecular weight excluding hydrogens is 322 g/mol. The molecule has 1 rings (SSSR count). The van der Waals surface area contributed by atoms with Gasteiger partial charge in [0, 0.05) is 13.1 Å². The van der Waals surface area contributed by atoms with Gasteiger partial charge < -0.3 is 19.1 Å². The van der Waals surface area contributed by atoms with Crippen LogP contribution in [0.1, 0.15) is 38.1 Å². The van der Waals surface area contributed by atoms with Crippen molar-refractivity contribution in [1.82, 2.24) is 4.90 Å². The number of esters is 1. The summed E-state index contributed by atoms with van der Waals surface area (Å²) in [4.78, 5) is 25.9. The highest BCUT2D eigenvalue weighted by Crippen LogP contribution is 2.28. The molecule has 6 heteroatoms. The molecule has 1 amide bonds. The van der Waals surface area contributed by atoms with Crippen molar-refractivity contribution in [1.29, 1.82) is 0 Å². The molecule has 0 aromatic heterocycles. The second-order valence-electron chi connectivity index (χ2n) is 5.47. The minimum absolute atomic E-state index is 0.255. The summed E-state index contributed by atoms with van der Waals surface area (Å²) >= 11 is 0. The van der Waals surface area contributed by atoms with Crippen LogP contribution >= 0.6 is 0 Å². The first-order chi connectivity index (χ1) is 11.9. The van der Waals surface area contributed by atoms with Crippen molar-refractivity contribution in [3.63, 3.8) is 0 Å². The fraction of sp³-hybridized carbons (Fsp3) is 0.474. The first-order valence-electron chi connectivity index (χ1n) is 8.41. The molecular formula is C19H27NO5. The molecule has 1 aromatic rings. The molecule has 0 unspecified atom stereocenters. The van der Waals surface area contributed by atoms with Crippen LogP contribution in [-0.4, -0.2) is 49.7 Å². The SMILES string of the molecule is C=C(C)CN(CC)C(=O)COC(=O)c1ccc(OCC)c(OCC)c1. The zero-order chi connectivity index (χ0) is 18.8. The predicted molar refractivity (Wildman–Crippen MR) is 96.1 cm³/mol. The molecule has 0 saturated carbocycles. The van der Waals surface area contributed by atoms with Crippen LogP contribution in [0.15, 0.2) is 30.4 Å². The van der Waals surface area contributed by atoms with E-state index in [1.54, 1.807) is 23.1 Å². The first kappa shape index (κ1) is 20.5. The lowest BCUT2D eigenvalue weighted by molar-refractivity contribution is -0.133. The number of ether oxygens (including phenoxy) is 3. The highest BCUT2D eigenvalue weighted by atomic mass is 16.5. The average molecular weight is 349 g/mol. The van der Waals surface area contributed by atoms with E-state index in [4.69, 9.17) is 14.2 Å². The molecule has 25 heavy (non-hydrogen) atoms. The van der Waals surface area contributed by atoms with Crippen molar-refractivity contribution in [3.8, 4) is 11.5 Å². The van der Waals surface area contributed by atoms with Crippen LogP contribution in [0.4, 0.5) is 0 Å². The highest BCUT2D eigenvalue weighted by molar-refractivity contribution is 5.92. The Morgan fingerprint density at radius 1 is 1.08 bits per heavy atom. The molecule has 6 nitrogen and oxygen atoms in total. The van der Waals surface area contributed by atoms with Gasteiger partial charge in [0.05, 0.1) is 18.8 Å². The van der Waals surface area contributed by atoms with Gasteiger partial charge in [0.25, 0.3) is 5.91 Å². The Morgan fingerprint density at radius 3 is 2.28 bits per heavy atom. The first-order valence-corrected chi connectivity index (χ1v) is 8.41. The summed E-state index contributed by atoms with van der Waals surface area (Å²) < 4.78 is 16.1. The summed E-state index contributed by atoms with van der Waals surface area (Å²) in [5.41, 5.74) is 1.18. The van der Waals surface area contributed by atoms with Crippen LogP contribution in [-0.2, 0) is 9.53 Å². The normalized spacial score (nSPS) is 10.1. The van der Waals surface area contributed by atoms with E-state index >= 15 is 0 Å². The fourth-order valence-corrected chi connectivity index (χ4v) is 2.18. The minimum Gasteiger partial charge on any atom is -0.490 e. The van der Waals surface area contributed by atoms with Crippen molar-refractivity contribution >= 4 is 11.9 Å². The lowest BCUT2D eigenvalue weighted by Crippen LogP contribution is -2.35. The van der Waals surface area contributed by atoms with E-state index in [1.165, 1.54) is 0 Å². The molecule has 0 aliphatic heterocycles. The fourth-order valence-electron chi connectivity index (χ4n) is 2.18. The zero-order valence-corrected chi connectivity index (χ0v) is 15.5. The molecule has 0 aliphatic carbocycles. The average Bonchev–Trinajstić information content (AvgIpc) is 2.59. The molecule has 0 radical (unpaired) electrons. The van der Waals surface area contributed by atoms with Crippen LogP contribution in [0.25, 0.3) is 0 Å². The van der Waals surface area contributed by atoms with Crippen molar-refractivity contribution in [2.75, 3.05) is 32.9 Å². The van der Waals surface area contributed by atoms with Crippen molar-refractivity contribution in [2.45, 2.75) is 27.7 Å². The Hall–Kier alpha value is -2.50. The van der Waals surface area contributed by atoms with E-state index in [0.717, 1.165) is 5.57 Å². The van der Waals surface area contributed by atoms with Crippen LogP contribution in [0.5, 0.6) is 11.5 Å². The van der Waals surface area contributed by atoms with Gasteiger partial charge in [-0.2, -0.15) is 0 Å². The summed E-state index contributed by atoms with van der Waals surface area (Å²) in [5, 5.41) is 0. The van der Waals surface area contributed by atoms with Gasteiger partial charge >= 0.3 is 5.97 Å². The van der Waals surface area contributed by atoms with Crippen LogP contribution < -0.4 is 9.47 Å². The third-order valence-corrected chi connectivity index (χ3v) is 3.30. The number of hydrogen-bond donors (Lipinski definition) is 0. The van der Waals surface area contributed by atoms with Crippen LogP contribution in [0.3, 0.4) is 0 Å². The molecule has 0 aliphatic rings. The van der Waals surface area contributed by atoms with Crippen molar-refractivity contribution in [3.05, 3.63) is 35.9 Å². The lowest BCUT2D eigenvalue weighted by atomic mass is 10.2. The van der Waals surface area contributed by atoms with E-state index in [9.17, 15) is 9.59 Å². The largest absolute Gasteiger partial charge is 0.490 e. The van der Waals surface area contributed by atoms with Gasteiger partial charge in [-0.25, -0.2) is 4.79 Å². The maximum Gasteiger partial charge on any atom is 0.338 e. The van der Waals surface area contributed by atoms with Crippen LogP contribution in [0.2, 0.25) is 0 Å². The number of amides is 1. The molecule has 0 saturated heterocycles. The van der Waals surface area contributed by atoms with Crippen molar-refractivity contribution < 1.29 is 23.8 Å². The zero-order valence-electron chi connectivity index (χ0n) is 15.5. The molecule has 0 N–H and O–H groups in total. The van der Waals surface area contributed by atoms with Crippen LogP contribution in [0, 0.1) is 0 Å². The Bertz CT molecular complexity index is 612. The van der Waals surface area contributed by atoms with E-state index in [1.807, 2.05) is 27.7 Å². The Kier molecular flexibility index (Phi) is 8.53. The summed E-state index contributed by atoms with van der Waals surface area (Å²) in [7, 11) is 0. The molecule has 0 fully saturated rings. The molecule has 0 atom stereocenters. The maximum absolute atomic E-state index is 12.2. The summed E-state index contributed by atoms with van der Waals surface area (Å²) in [6.07, 6.45) is 0. The van der Waals surface area contributed by atoms with E-state index in [0.29, 0.717) is 43.4 Å². The van der Waals surface area contributed by atoms with Crippen molar-refractivity contribution in [2.24, 2.45) is 0 Å². The van der Waals surface area contributed by atoms with E-state index in [-0.39, 0.29) is 12.5 Å². The van der Waals surface area contributed by atoms with Gasteiger partial charge in [-0.15, -0.1) is 0 Å². The Morgan fingerprint density at radius 2 is 1.72 bits per heavy atom. The van der Waals surface area contributed by atoms with Gasteiger partial charge in [0.15, 0.2) is 18.1 Å². The topological polar surface area (TPSA) is 65.1 Å². The molecule has 0 heterocycles. The standard InChI is InChI=1S/C19H27NO5/c1-6-20(12-14(4)5)18(21)13-25-19(22)15-9-10-16(23-7-2)17(11-15)24-8-3/h9-11H,4,6-8,12-13H2,1-3,5H3. The third-order valence-electron chi connectivity index (χ3n) is 3.30. The third kappa shape index (κ3) is 6.49. The number of likely N-dealkylation sites (N-methyl/N-ethyl adjacent to an activating group) is 1. The van der Waals surface area contributed by atoms with Gasteiger partial charge in [0.1, 0.15) is 0 Å². The van der Waals surface area contributed by atoms with Gasteiger partial charge in [-0.05, 0) is 45.9 Å². The Labute approximate surface area is 149 Å². The van der Waals surface area contributed by atoms with Gasteiger partial charge in [-0.1, -0.05) is 12.2 Å². The maximum atomic E-state index is 12.2. The second-order valence-corrected chi connectivity index (χ2v) is 5.47. The highest BCUT2D eigenvalue weighted by Gasteiger charge is 2.17. The van der Waals surface area contributed by atoms with Gasteiger partial charge in [0.2, 0.25) is 0 Å².